The average Bonchev–Trinajstić information content (AvgIpc) is 3.30. The first-order chi connectivity index (χ1) is 15.3. The van der Waals surface area contributed by atoms with Crippen LogP contribution in [0.3, 0.4) is 0 Å². The van der Waals surface area contributed by atoms with Gasteiger partial charge in [-0.25, -0.2) is 4.98 Å². The standard InChI is InChI=1S/C27H27ClN2S/c28-25-17-15-24(16-18-25)26-21-31-27(29-26)30(19-7-13-22-9-3-1-4-10-22)20-8-14-23-11-5-2-6-12-23/h1-6,9-12,15-18,21H,7-8,13-14,19-20H2. The lowest BCUT2D eigenvalue weighted by Crippen LogP contribution is -2.26. The van der Waals surface area contributed by atoms with Crippen molar-refractivity contribution in [2.45, 2.75) is 25.7 Å². The first kappa shape index (κ1) is 21.6. The van der Waals surface area contributed by atoms with Crippen molar-refractivity contribution in [2.75, 3.05) is 18.0 Å². The molecular formula is C27H27ClN2S. The van der Waals surface area contributed by atoms with Gasteiger partial charge in [-0.1, -0.05) is 84.4 Å². The highest BCUT2D eigenvalue weighted by molar-refractivity contribution is 7.14. The molecule has 1 heterocycles. The molecule has 3 aromatic carbocycles. The molecule has 0 aliphatic rings. The van der Waals surface area contributed by atoms with Crippen molar-refractivity contribution in [3.8, 4) is 11.3 Å². The highest BCUT2D eigenvalue weighted by Crippen LogP contribution is 2.29. The van der Waals surface area contributed by atoms with Crippen molar-refractivity contribution >= 4 is 28.1 Å². The van der Waals surface area contributed by atoms with E-state index in [2.05, 4.69) is 70.9 Å². The molecule has 0 atom stereocenters. The van der Waals surface area contributed by atoms with Crippen molar-refractivity contribution in [2.24, 2.45) is 0 Å². The highest BCUT2D eigenvalue weighted by atomic mass is 35.5. The van der Waals surface area contributed by atoms with Gasteiger partial charge in [-0.3, -0.25) is 0 Å². The van der Waals surface area contributed by atoms with E-state index in [0.29, 0.717) is 0 Å². The van der Waals surface area contributed by atoms with Crippen molar-refractivity contribution in [3.05, 3.63) is 106 Å². The van der Waals surface area contributed by atoms with E-state index in [1.165, 1.54) is 11.1 Å². The summed E-state index contributed by atoms with van der Waals surface area (Å²) in [4.78, 5) is 7.42. The molecule has 0 saturated carbocycles. The summed E-state index contributed by atoms with van der Waals surface area (Å²) in [7, 11) is 0. The topological polar surface area (TPSA) is 16.1 Å². The zero-order valence-electron chi connectivity index (χ0n) is 17.6. The molecule has 0 N–H and O–H groups in total. The average molecular weight is 447 g/mol. The molecule has 158 valence electrons. The van der Waals surface area contributed by atoms with Gasteiger partial charge in [-0.05, 0) is 48.9 Å². The van der Waals surface area contributed by atoms with E-state index in [1.54, 1.807) is 11.3 Å². The number of thiazole rings is 1. The molecule has 0 radical (unpaired) electrons. The highest BCUT2D eigenvalue weighted by Gasteiger charge is 2.12. The minimum absolute atomic E-state index is 0.752. The molecule has 4 rings (SSSR count). The molecule has 0 aliphatic heterocycles. The van der Waals surface area contributed by atoms with Crippen LogP contribution in [0.25, 0.3) is 11.3 Å². The molecule has 2 nitrogen and oxygen atoms in total. The van der Waals surface area contributed by atoms with Crippen LogP contribution in [0, 0.1) is 0 Å². The van der Waals surface area contributed by atoms with Crippen LogP contribution in [0.1, 0.15) is 24.0 Å². The Kier molecular flexibility index (Phi) is 7.76. The maximum absolute atomic E-state index is 6.04. The van der Waals surface area contributed by atoms with Crippen LogP contribution in [-0.2, 0) is 12.8 Å². The van der Waals surface area contributed by atoms with Gasteiger partial charge in [0.25, 0.3) is 0 Å². The molecule has 4 aromatic rings. The molecule has 4 heteroatoms. The number of hydrogen-bond donors (Lipinski definition) is 0. The number of aromatic nitrogens is 1. The van der Waals surface area contributed by atoms with E-state index in [1.807, 2.05) is 24.3 Å². The van der Waals surface area contributed by atoms with Crippen LogP contribution in [0.2, 0.25) is 5.02 Å². The van der Waals surface area contributed by atoms with Gasteiger partial charge in [0.15, 0.2) is 5.13 Å². The zero-order valence-corrected chi connectivity index (χ0v) is 19.2. The van der Waals surface area contributed by atoms with Gasteiger partial charge < -0.3 is 4.90 Å². The van der Waals surface area contributed by atoms with E-state index in [9.17, 15) is 0 Å². The van der Waals surface area contributed by atoms with Crippen LogP contribution in [0.4, 0.5) is 5.13 Å². The van der Waals surface area contributed by atoms with Crippen molar-refractivity contribution in [1.82, 2.24) is 4.98 Å². The predicted molar refractivity (Wildman–Crippen MR) is 134 cm³/mol. The number of anilines is 1. The Labute approximate surface area is 194 Å². The third-order valence-corrected chi connectivity index (χ3v) is 6.53. The van der Waals surface area contributed by atoms with Gasteiger partial charge >= 0.3 is 0 Å². The number of halogens is 1. The van der Waals surface area contributed by atoms with Gasteiger partial charge in [-0.15, -0.1) is 11.3 Å². The second-order valence-electron chi connectivity index (χ2n) is 7.69. The number of nitrogens with zero attached hydrogens (tertiary/aromatic N) is 2. The molecule has 0 aliphatic carbocycles. The third kappa shape index (κ3) is 6.43. The molecule has 0 bridgehead atoms. The summed E-state index contributed by atoms with van der Waals surface area (Å²) >= 11 is 7.78. The van der Waals surface area contributed by atoms with Crippen LogP contribution in [0.15, 0.2) is 90.3 Å². The van der Waals surface area contributed by atoms with Gasteiger partial charge in [0.05, 0.1) is 5.69 Å². The summed E-state index contributed by atoms with van der Waals surface area (Å²) in [5.74, 6) is 0. The molecular weight excluding hydrogens is 420 g/mol. The second-order valence-corrected chi connectivity index (χ2v) is 8.96. The number of rotatable bonds is 10. The molecule has 0 spiro atoms. The first-order valence-corrected chi connectivity index (χ1v) is 12.1. The number of hydrogen-bond acceptors (Lipinski definition) is 3. The second kappa shape index (κ2) is 11.1. The van der Waals surface area contributed by atoms with Gasteiger partial charge in [-0.2, -0.15) is 0 Å². The minimum atomic E-state index is 0.752. The normalized spacial score (nSPS) is 10.9. The Morgan fingerprint density at radius 1 is 0.710 bits per heavy atom. The minimum Gasteiger partial charge on any atom is -0.348 e. The number of benzene rings is 3. The first-order valence-electron chi connectivity index (χ1n) is 10.8. The Morgan fingerprint density at radius 3 is 1.81 bits per heavy atom. The SMILES string of the molecule is Clc1ccc(-c2csc(N(CCCc3ccccc3)CCCc3ccccc3)n2)cc1. The Morgan fingerprint density at radius 2 is 1.26 bits per heavy atom. The smallest absolute Gasteiger partial charge is 0.185 e. The van der Waals surface area contributed by atoms with Crippen molar-refractivity contribution in [1.29, 1.82) is 0 Å². The maximum Gasteiger partial charge on any atom is 0.185 e. The molecule has 0 saturated heterocycles. The maximum atomic E-state index is 6.04. The zero-order chi connectivity index (χ0) is 21.3. The summed E-state index contributed by atoms with van der Waals surface area (Å²) in [5, 5.41) is 4.01. The predicted octanol–water partition coefficient (Wildman–Crippen LogP) is 7.54. The van der Waals surface area contributed by atoms with Gasteiger partial charge in [0.2, 0.25) is 0 Å². The fourth-order valence-corrected chi connectivity index (χ4v) is 4.72. The Hall–Kier alpha value is -2.62. The summed E-state index contributed by atoms with van der Waals surface area (Å²) in [6.45, 7) is 2.02. The lowest BCUT2D eigenvalue weighted by molar-refractivity contribution is 0.691. The summed E-state index contributed by atoms with van der Waals surface area (Å²) in [6.07, 6.45) is 4.41. The molecule has 0 unspecified atom stereocenters. The summed E-state index contributed by atoms with van der Waals surface area (Å²) in [6, 6.07) is 29.4. The lowest BCUT2D eigenvalue weighted by atomic mass is 10.1. The van der Waals surface area contributed by atoms with Gasteiger partial charge in [0.1, 0.15) is 0 Å². The third-order valence-electron chi connectivity index (χ3n) is 5.38. The molecule has 1 aromatic heterocycles. The fraction of sp³-hybridized carbons (Fsp3) is 0.222. The van der Waals surface area contributed by atoms with Crippen LogP contribution < -0.4 is 4.90 Å². The number of aryl methyl sites for hydroxylation is 2. The van der Waals surface area contributed by atoms with Crippen LogP contribution in [0.5, 0.6) is 0 Å². The van der Waals surface area contributed by atoms with Crippen LogP contribution >= 0.6 is 22.9 Å². The molecule has 31 heavy (non-hydrogen) atoms. The molecule has 0 fully saturated rings. The van der Waals surface area contributed by atoms with E-state index >= 15 is 0 Å². The lowest BCUT2D eigenvalue weighted by Gasteiger charge is -2.22. The van der Waals surface area contributed by atoms with E-state index in [-0.39, 0.29) is 0 Å². The van der Waals surface area contributed by atoms with Crippen molar-refractivity contribution in [3.63, 3.8) is 0 Å². The summed E-state index contributed by atoms with van der Waals surface area (Å²) in [5.41, 5.74) is 4.92. The van der Waals surface area contributed by atoms with E-state index in [0.717, 1.165) is 60.2 Å². The monoisotopic (exact) mass is 446 g/mol. The summed E-state index contributed by atoms with van der Waals surface area (Å²) < 4.78 is 0. The van der Waals surface area contributed by atoms with Crippen LogP contribution in [-0.4, -0.2) is 18.1 Å². The van der Waals surface area contributed by atoms with E-state index < -0.39 is 0 Å². The van der Waals surface area contributed by atoms with E-state index in [4.69, 9.17) is 16.6 Å². The van der Waals surface area contributed by atoms with Gasteiger partial charge in [0, 0.05) is 29.1 Å². The quantitative estimate of drug-likeness (QED) is 0.250. The Bertz CT molecular complexity index is 1000. The fourth-order valence-electron chi connectivity index (χ4n) is 3.70. The Balaban J connectivity index is 1.42. The van der Waals surface area contributed by atoms with Crippen molar-refractivity contribution < 1.29 is 0 Å². The molecule has 0 amide bonds. The largest absolute Gasteiger partial charge is 0.348 e.